The lowest BCUT2D eigenvalue weighted by molar-refractivity contribution is -0.131. The highest BCUT2D eigenvalue weighted by Crippen LogP contribution is 2.42. The highest BCUT2D eigenvalue weighted by molar-refractivity contribution is 5.97. The highest BCUT2D eigenvalue weighted by Gasteiger charge is 2.16. The third-order valence-corrected chi connectivity index (χ3v) is 4.85. The van der Waals surface area contributed by atoms with Crippen LogP contribution >= 0.6 is 0 Å². The number of carboxylic acid groups (broad SMARTS) is 1. The number of aryl methyl sites for hydroxylation is 1. The Morgan fingerprint density at radius 1 is 0.933 bits per heavy atom. The number of phenols is 1. The Morgan fingerprint density at radius 2 is 1.67 bits per heavy atom. The first kappa shape index (κ1) is 19.3. The molecular formula is C26H20O4. The summed E-state index contributed by atoms with van der Waals surface area (Å²) in [5.74, 6) is 0.567. The van der Waals surface area contributed by atoms with Gasteiger partial charge < -0.3 is 14.9 Å². The summed E-state index contributed by atoms with van der Waals surface area (Å²) in [6, 6.07) is 24.6. The minimum absolute atomic E-state index is 0.204. The van der Waals surface area contributed by atoms with E-state index < -0.39 is 5.97 Å². The van der Waals surface area contributed by atoms with E-state index in [1.54, 1.807) is 24.3 Å². The van der Waals surface area contributed by atoms with Gasteiger partial charge >= 0.3 is 5.97 Å². The van der Waals surface area contributed by atoms with Crippen molar-refractivity contribution in [2.45, 2.75) is 6.92 Å². The Labute approximate surface area is 174 Å². The van der Waals surface area contributed by atoms with E-state index in [4.69, 9.17) is 9.84 Å². The van der Waals surface area contributed by atoms with Gasteiger partial charge in [0.1, 0.15) is 17.2 Å². The van der Waals surface area contributed by atoms with Gasteiger partial charge in [0.15, 0.2) is 0 Å². The molecule has 4 heteroatoms. The predicted molar refractivity (Wildman–Crippen MR) is 119 cm³/mol. The van der Waals surface area contributed by atoms with Crippen molar-refractivity contribution in [3.8, 4) is 28.4 Å². The summed E-state index contributed by atoms with van der Waals surface area (Å²) in [6.45, 7) is 2.03. The molecule has 0 unspecified atom stereocenters. The summed E-state index contributed by atoms with van der Waals surface area (Å²) < 4.78 is 6.36. The molecule has 0 fully saturated rings. The SMILES string of the molecule is Cc1cc2cc(O)ccc2c(Oc2ccc(C=CC(=O)O)cc2)c1-c1ccccc1. The van der Waals surface area contributed by atoms with Crippen molar-refractivity contribution < 1.29 is 19.7 Å². The van der Waals surface area contributed by atoms with Crippen LogP contribution in [0, 0.1) is 6.92 Å². The number of rotatable bonds is 5. The summed E-state index contributed by atoms with van der Waals surface area (Å²) in [5, 5.41) is 20.5. The summed E-state index contributed by atoms with van der Waals surface area (Å²) >= 11 is 0. The molecule has 0 aliphatic rings. The smallest absolute Gasteiger partial charge is 0.328 e. The molecule has 0 aliphatic heterocycles. The van der Waals surface area contributed by atoms with Crippen LogP contribution in [0.15, 0.2) is 84.9 Å². The van der Waals surface area contributed by atoms with Gasteiger partial charge in [-0.05, 0) is 65.4 Å². The lowest BCUT2D eigenvalue weighted by Gasteiger charge is -2.17. The van der Waals surface area contributed by atoms with Crippen LogP contribution in [0.2, 0.25) is 0 Å². The van der Waals surface area contributed by atoms with E-state index in [0.29, 0.717) is 11.5 Å². The molecule has 0 aromatic heterocycles. The van der Waals surface area contributed by atoms with Gasteiger partial charge in [0, 0.05) is 17.0 Å². The van der Waals surface area contributed by atoms with Gasteiger partial charge in [-0.1, -0.05) is 48.5 Å². The van der Waals surface area contributed by atoms with Crippen LogP contribution < -0.4 is 4.74 Å². The molecule has 4 aromatic carbocycles. The fraction of sp³-hybridized carbons (Fsp3) is 0.0385. The van der Waals surface area contributed by atoms with E-state index in [0.717, 1.165) is 39.1 Å². The zero-order valence-electron chi connectivity index (χ0n) is 16.4. The van der Waals surface area contributed by atoms with E-state index >= 15 is 0 Å². The van der Waals surface area contributed by atoms with Gasteiger partial charge in [0.05, 0.1) is 0 Å². The Balaban J connectivity index is 1.83. The molecule has 0 saturated heterocycles. The second kappa shape index (κ2) is 8.13. The second-order valence-corrected chi connectivity index (χ2v) is 7.01. The van der Waals surface area contributed by atoms with Crippen molar-refractivity contribution >= 4 is 22.8 Å². The van der Waals surface area contributed by atoms with E-state index in [1.807, 2.05) is 61.5 Å². The standard InChI is InChI=1S/C26H20O4/c1-17-15-20-16-21(27)10-13-23(20)26(25(17)19-5-3-2-4-6-19)30-22-11-7-18(8-12-22)9-14-24(28)29/h2-16,27H,1H3,(H,28,29). The molecule has 0 aliphatic carbocycles. The van der Waals surface area contributed by atoms with Crippen molar-refractivity contribution in [2.24, 2.45) is 0 Å². The molecule has 0 amide bonds. The number of hydrogen-bond donors (Lipinski definition) is 2. The Kier molecular flexibility index (Phi) is 5.22. The molecule has 30 heavy (non-hydrogen) atoms. The zero-order chi connectivity index (χ0) is 21.1. The molecule has 148 valence electrons. The maximum absolute atomic E-state index is 10.7. The van der Waals surface area contributed by atoms with Gasteiger partial charge in [-0.3, -0.25) is 0 Å². The van der Waals surface area contributed by atoms with Crippen molar-refractivity contribution in [3.63, 3.8) is 0 Å². The molecule has 4 aromatic rings. The predicted octanol–water partition coefficient (Wildman–Crippen LogP) is 6.41. The van der Waals surface area contributed by atoms with Gasteiger partial charge in [-0.25, -0.2) is 4.79 Å². The first-order chi connectivity index (χ1) is 14.5. The molecule has 4 nitrogen and oxygen atoms in total. The number of aliphatic carboxylic acids is 1. The Morgan fingerprint density at radius 3 is 2.37 bits per heavy atom. The lowest BCUT2D eigenvalue weighted by atomic mass is 9.94. The first-order valence-electron chi connectivity index (χ1n) is 9.52. The maximum Gasteiger partial charge on any atom is 0.328 e. The largest absolute Gasteiger partial charge is 0.508 e. The average Bonchev–Trinajstić information content (AvgIpc) is 2.73. The molecule has 2 N–H and O–H groups in total. The van der Waals surface area contributed by atoms with Gasteiger partial charge in [0.2, 0.25) is 0 Å². The fourth-order valence-corrected chi connectivity index (χ4v) is 3.50. The van der Waals surface area contributed by atoms with Crippen LogP contribution in [0.4, 0.5) is 0 Å². The number of hydrogen-bond acceptors (Lipinski definition) is 3. The topological polar surface area (TPSA) is 66.8 Å². The van der Waals surface area contributed by atoms with Crippen molar-refractivity contribution in [3.05, 3.63) is 96.1 Å². The van der Waals surface area contributed by atoms with Crippen LogP contribution in [-0.4, -0.2) is 16.2 Å². The van der Waals surface area contributed by atoms with Crippen molar-refractivity contribution in [2.75, 3.05) is 0 Å². The van der Waals surface area contributed by atoms with Gasteiger partial charge in [0.25, 0.3) is 0 Å². The number of carbonyl (C=O) groups is 1. The van der Waals surface area contributed by atoms with E-state index in [1.165, 1.54) is 6.08 Å². The number of carboxylic acids is 1. The zero-order valence-corrected chi connectivity index (χ0v) is 16.4. The second-order valence-electron chi connectivity index (χ2n) is 7.01. The van der Waals surface area contributed by atoms with Gasteiger partial charge in [-0.15, -0.1) is 0 Å². The molecule has 4 rings (SSSR count). The maximum atomic E-state index is 10.7. The summed E-state index contributed by atoms with van der Waals surface area (Å²) in [5.41, 5.74) is 3.84. The van der Waals surface area contributed by atoms with Crippen LogP contribution in [0.3, 0.4) is 0 Å². The Hall–Kier alpha value is -4.05. The number of ether oxygens (including phenoxy) is 1. The van der Waals surface area contributed by atoms with Crippen LogP contribution in [0.25, 0.3) is 28.0 Å². The quantitative estimate of drug-likeness (QED) is 0.383. The van der Waals surface area contributed by atoms with Crippen molar-refractivity contribution in [1.29, 1.82) is 0 Å². The normalized spacial score (nSPS) is 11.1. The molecule has 0 atom stereocenters. The van der Waals surface area contributed by atoms with Crippen LogP contribution in [-0.2, 0) is 4.79 Å². The molecule has 0 spiro atoms. The molecular weight excluding hydrogens is 376 g/mol. The highest BCUT2D eigenvalue weighted by atomic mass is 16.5. The monoisotopic (exact) mass is 396 g/mol. The van der Waals surface area contributed by atoms with E-state index in [-0.39, 0.29) is 5.75 Å². The summed E-state index contributed by atoms with van der Waals surface area (Å²) in [4.78, 5) is 10.7. The summed E-state index contributed by atoms with van der Waals surface area (Å²) in [6.07, 6.45) is 2.64. The summed E-state index contributed by atoms with van der Waals surface area (Å²) in [7, 11) is 0. The van der Waals surface area contributed by atoms with E-state index in [2.05, 4.69) is 0 Å². The minimum Gasteiger partial charge on any atom is -0.508 e. The average molecular weight is 396 g/mol. The number of phenolic OH excluding ortho intramolecular Hbond substituents is 1. The molecule has 0 bridgehead atoms. The number of fused-ring (bicyclic) bond motifs is 1. The number of benzene rings is 4. The molecule has 0 saturated carbocycles. The van der Waals surface area contributed by atoms with Crippen molar-refractivity contribution in [1.82, 2.24) is 0 Å². The van der Waals surface area contributed by atoms with Gasteiger partial charge in [-0.2, -0.15) is 0 Å². The van der Waals surface area contributed by atoms with E-state index in [9.17, 15) is 9.90 Å². The minimum atomic E-state index is -0.989. The van der Waals surface area contributed by atoms with Crippen LogP contribution in [0.1, 0.15) is 11.1 Å². The van der Waals surface area contributed by atoms with Crippen LogP contribution in [0.5, 0.6) is 17.2 Å². The lowest BCUT2D eigenvalue weighted by Crippen LogP contribution is -1.94. The fourth-order valence-electron chi connectivity index (χ4n) is 3.50. The number of aromatic hydroxyl groups is 1. The molecule has 0 heterocycles. The third kappa shape index (κ3) is 4.03. The Bertz CT molecular complexity index is 1240. The third-order valence-electron chi connectivity index (χ3n) is 4.85. The first-order valence-corrected chi connectivity index (χ1v) is 9.52. The molecule has 0 radical (unpaired) electrons.